The summed E-state index contributed by atoms with van der Waals surface area (Å²) in [7, 11) is 3.64. The Hall–Kier alpha value is -1.40. The fourth-order valence-electron chi connectivity index (χ4n) is 2.45. The topological polar surface area (TPSA) is 78.6 Å². The van der Waals surface area contributed by atoms with Gasteiger partial charge in [0.05, 0.1) is 12.1 Å². The van der Waals surface area contributed by atoms with Crippen LogP contribution < -0.4 is 10.6 Å². The van der Waals surface area contributed by atoms with Crippen molar-refractivity contribution >= 4 is 5.82 Å². The molecule has 1 heterocycles. The Bertz CT molecular complexity index is 472. The molecule has 3 atom stereocenters. The van der Waals surface area contributed by atoms with E-state index in [4.69, 9.17) is 5.11 Å². The van der Waals surface area contributed by atoms with Crippen LogP contribution in [-0.2, 0) is 0 Å². The number of rotatable bonds is 3. The van der Waals surface area contributed by atoms with Gasteiger partial charge >= 0.3 is 5.69 Å². The van der Waals surface area contributed by atoms with Crippen molar-refractivity contribution in [3.8, 4) is 0 Å². The molecule has 18 heavy (non-hydrogen) atoms. The normalized spacial score (nSPS) is 27.4. The smallest absolute Gasteiger partial charge is 0.349 e. The molecule has 1 aliphatic carbocycles. The quantitative estimate of drug-likeness (QED) is 0.767. The number of aliphatic hydroxyl groups is 2. The molecule has 1 fully saturated rings. The van der Waals surface area contributed by atoms with E-state index in [1.54, 1.807) is 17.2 Å². The number of anilines is 1. The van der Waals surface area contributed by atoms with Crippen molar-refractivity contribution in [1.82, 2.24) is 9.55 Å². The van der Waals surface area contributed by atoms with Crippen molar-refractivity contribution in [2.75, 3.05) is 25.6 Å². The van der Waals surface area contributed by atoms with Gasteiger partial charge in [0, 0.05) is 26.9 Å². The molecule has 0 bridgehead atoms. The summed E-state index contributed by atoms with van der Waals surface area (Å²) in [6.45, 7) is 0.0471. The Morgan fingerprint density at radius 1 is 1.50 bits per heavy atom. The third kappa shape index (κ3) is 2.39. The molecule has 2 rings (SSSR count). The molecule has 6 heteroatoms. The van der Waals surface area contributed by atoms with E-state index in [-0.39, 0.29) is 24.3 Å². The number of nitrogens with zero attached hydrogens (tertiary/aromatic N) is 3. The van der Waals surface area contributed by atoms with Gasteiger partial charge in [-0.3, -0.25) is 4.57 Å². The van der Waals surface area contributed by atoms with Crippen molar-refractivity contribution in [3.05, 3.63) is 22.7 Å². The lowest BCUT2D eigenvalue weighted by molar-refractivity contribution is 0.129. The zero-order valence-electron chi connectivity index (χ0n) is 10.7. The molecule has 1 aromatic rings. The molecule has 0 amide bonds. The van der Waals surface area contributed by atoms with E-state index < -0.39 is 6.10 Å². The summed E-state index contributed by atoms with van der Waals surface area (Å²) in [6, 6.07) is 1.47. The van der Waals surface area contributed by atoms with Crippen molar-refractivity contribution < 1.29 is 10.2 Å². The van der Waals surface area contributed by atoms with Crippen molar-refractivity contribution in [2.24, 2.45) is 5.92 Å². The Morgan fingerprint density at radius 3 is 2.72 bits per heavy atom. The van der Waals surface area contributed by atoms with Crippen LogP contribution in [0.4, 0.5) is 5.82 Å². The minimum Gasteiger partial charge on any atom is -0.396 e. The van der Waals surface area contributed by atoms with E-state index >= 15 is 0 Å². The lowest BCUT2D eigenvalue weighted by atomic mass is 10.1. The highest BCUT2D eigenvalue weighted by molar-refractivity contribution is 5.33. The highest BCUT2D eigenvalue weighted by Crippen LogP contribution is 2.33. The van der Waals surface area contributed by atoms with Crippen LogP contribution in [0.3, 0.4) is 0 Å². The zero-order valence-corrected chi connectivity index (χ0v) is 10.7. The molecule has 1 aliphatic rings. The van der Waals surface area contributed by atoms with E-state index in [1.807, 2.05) is 14.1 Å². The molecular weight excluding hydrogens is 234 g/mol. The second-order valence-electron chi connectivity index (χ2n) is 5.02. The fraction of sp³-hybridized carbons (Fsp3) is 0.667. The Morgan fingerprint density at radius 2 is 2.22 bits per heavy atom. The first-order chi connectivity index (χ1) is 8.52. The lowest BCUT2D eigenvalue weighted by Gasteiger charge is -2.18. The van der Waals surface area contributed by atoms with Gasteiger partial charge in [-0.25, -0.2) is 4.79 Å². The first-order valence-electron chi connectivity index (χ1n) is 6.08. The zero-order chi connectivity index (χ0) is 13.3. The third-order valence-corrected chi connectivity index (χ3v) is 3.48. The second kappa shape index (κ2) is 5.07. The van der Waals surface area contributed by atoms with Gasteiger partial charge < -0.3 is 15.1 Å². The monoisotopic (exact) mass is 253 g/mol. The molecule has 100 valence electrons. The highest BCUT2D eigenvalue weighted by Gasteiger charge is 2.34. The summed E-state index contributed by atoms with van der Waals surface area (Å²) in [5, 5.41) is 19.1. The maximum Gasteiger partial charge on any atom is 0.349 e. The average Bonchev–Trinajstić information content (AvgIpc) is 2.70. The van der Waals surface area contributed by atoms with Crippen molar-refractivity contribution in [1.29, 1.82) is 0 Å². The average molecular weight is 253 g/mol. The van der Waals surface area contributed by atoms with E-state index in [0.29, 0.717) is 18.7 Å². The largest absolute Gasteiger partial charge is 0.396 e. The van der Waals surface area contributed by atoms with Crippen LogP contribution in [0.15, 0.2) is 17.1 Å². The fourth-order valence-corrected chi connectivity index (χ4v) is 2.45. The van der Waals surface area contributed by atoms with Gasteiger partial charge in [-0.2, -0.15) is 4.98 Å². The molecule has 1 saturated carbocycles. The van der Waals surface area contributed by atoms with E-state index in [2.05, 4.69) is 4.98 Å². The van der Waals surface area contributed by atoms with E-state index in [1.165, 1.54) is 4.57 Å². The van der Waals surface area contributed by atoms with E-state index in [0.717, 1.165) is 0 Å². The first kappa shape index (κ1) is 13.0. The standard InChI is InChI=1S/C12H19N3O3/c1-14(2)11-3-4-15(12(18)13-11)9-5-8(7-16)6-10(9)17/h3-4,8-10,16-17H,5-7H2,1-2H3/t8-,9+,10+/m1/s1. The molecule has 1 aromatic heterocycles. The van der Waals surface area contributed by atoms with Crippen LogP contribution >= 0.6 is 0 Å². The SMILES string of the molecule is CN(C)c1ccn([C@H]2C[C@@H](CO)C[C@@H]2O)c(=O)n1. The summed E-state index contributed by atoms with van der Waals surface area (Å²) in [6.07, 6.45) is 2.22. The predicted octanol–water partition coefficient (Wildman–Crippen LogP) is -0.386. The maximum absolute atomic E-state index is 11.9. The molecule has 0 spiro atoms. The van der Waals surface area contributed by atoms with Gasteiger partial charge in [0.25, 0.3) is 0 Å². The van der Waals surface area contributed by atoms with Crippen LogP contribution in [0.1, 0.15) is 18.9 Å². The molecule has 0 aliphatic heterocycles. The van der Waals surface area contributed by atoms with Crippen LogP contribution in [-0.4, -0.2) is 46.6 Å². The Labute approximate surface area is 106 Å². The Kier molecular flexibility index (Phi) is 3.68. The van der Waals surface area contributed by atoms with Crippen molar-refractivity contribution in [2.45, 2.75) is 25.0 Å². The van der Waals surface area contributed by atoms with Gasteiger partial charge in [-0.15, -0.1) is 0 Å². The van der Waals surface area contributed by atoms with Crippen LogP contribution in [0.5, 0.6) is 0 Å². The minimum atomic E-state index is -0.591. The minimum absolute atomic E-state index is 0.0471. The molecule has 0 radical (unpaired) electrons. The third-order valence-electron chi connectivity index (χ3n) is 3.48. The molecule has 0 unspecified atom stereocenters. The molecule has 0 aromatic carbocycles. The van der Waals surface area contributed by atoms with Gasteiger partial charge in [0.15, 0.2) is 0 Å². The number of aliphatic hydroxyl groups excluding tert-OH is 2. The Balaban J connectivity index is 2.27. The van der Waals surface area contributed by atoms with Gasteiger partial charge in [0.2, 0.25) is 0 Å². The molecule has 0 saturated heterocycles. The number of hydrogen-bond acceptors (Lipinski definition) is 5. The summed E-state index contributed by atoms with van der Waals surface area (Å²) < 4.78 is 1.47. The van der Waals surface area contributed by atoms with Gasteiger partial charge in [-0.05, 0) is 24.8 Å². The van der Waals surface area contributed by atoms with E-state index in [9.17, 15) is 9.90 Å². The van der Waals surface area contributed by atoms with Gasteiger partial charge in [0.1, 0.15) is 5.82 Å². The maximum atomic E-state index is 11.9. The number of hydrogen-bond donors (Lipinski definition) is 2. The summed E-state index contributed by atoms with van der Waals surface area (Å²) in [5.41, 5.74) is -0.358. The van der Waals surface area contributed by atoms with Crippen LogP contribution in [0.2, 0.25) is 0 Å². The van der Waals surface area contributed by atoms with Crippen molar-refractivity contribution in [3.63, 3.8) is 0 Å². The van der Waals surface area contributed by atoms with Crippen LogP contribution in [0.25, 0.3) is 0 Å². The highest BCUT2D eigenvalue weighted by atomic mass is 16.3. The number of aromatic nitrogens is 2. The predicted molar refractivity (Wildman–Crippen MR) is 67.7 cm³/mol. The van der Waals surface area contributed by atoms with Gasteiger partial charge in [-0.1, -0.05) is 0 Å². The molecule has 2 N–H and O–H groups in total. The summed E-state index contributed by atoms with van der Waals surface area (Å²) >= 11 is 0. The summed E-state index contributed by atoms with van der Waals surface area (Å²) in [4.78, 5) is 17.6. The second-order valence-corrected chi connectivity index (χ2v) is 5.02. The molecule has 6 nitrogen and oxygen atoms in total. The lowest BCUT2D eigenvalue weighted by Crippen LogP contribution is -2.31. The first-order valence-corrected chi connectivity index (χ1v) is 6.08. The van der Waals surface area contributed by atoms with Crippen LogP contribution in [0, 0.1) is 5.92 Å². The summed E-state index contributed by atoms with van der Waals surface area (Å²) in [5.74, 6) is 0.660. The molecular formula is C12H19N3O3.